The number of nitrogens with zero attached hydrogens (tertiary/aromatic N) is 1. The minimum absolute atomic E-state index is 0.0813. The largest absolute Gasteiger partial charge is 0.497 e. The molecule has 0 aromatic heterocycles. The number of benzene rings is 3. The van der Waals surface area contributed by atoms with Gasteiger partial charge in [0, 0.05) is 18.4 Å². The molecule has 164 valence electrons. The van der Waals surface area contributed by atoms with Crippen LogP contribution in [-0.2, 0) is 28.4 Å². The van der Waals surface area contributed by atoms with Crippen LogP contribution in [0.2, 0.25) is 0 Å². The fourth-order valence-electron chi connectivity index (χ4n) is 3.07. The number of ether oxygens (including phenoxy) is 2. The van der Waals surface area contributed by atoms with Crippen LogP contribution in [0.3, 0.4) is 0 Å². The van der Waals surface area contributed by atoms with Crippen LogP contribution in [0.25, 0.3) is 0 Å². The first kappa shape index (κ1) is 23.2. The molecule has 0 spiro atoms. The number of sulfonamides is 1. The Morgan fingerprint density at radius 2 is 1.26 bits per heavy atom. The van der Waals surface area contributed by atoms with Crippen LogP contribution in [0, 0.1) is 5.82 Å². The van der Waals surface area contributed by atoms with Gasteiger partial charge in [-0.25, -0.2) is 12.8 Å². The normalized spacial score (nSPS) is 11.5. The topological polar surface area (TPSA) is 55.8 Å². The molecule has 8 heteroatoms. The van der Waals surface area contributed by atoms with Gasteiger partial charge < -0.3 is 9.47 Å². The Morgan fingerprint density at radius 3 is 1.65 bits per heavy atom. The van der Waals surface area contributed by atoms with Gasteiger partial charge >= 0.3 is 0 Å². The maximum atomic E-state index is 14.7. The molecule has 3 rings (SSSR count). The predicted molar refractivity (Wildman–Crippen MR) is 121 cm³/mol. The summed E-state index contributed by atoms with van der Waals surface area (Å²) in [6.07, 6.45) is 0. The molecule has 0 saturated heterocycles. The van der Waals surface area contributed by atoms with Gasteiger partial charge in [-0.1, -0.05) is 46.3 Å². The summed E-state index contributed by atoms with van der Waals surface area (Å²) in [7, 11) is -0.975. The van der Waals surface area contributed by atoms with Gasteiger partial charge in [-0.15, -0.1) is 0 Å². The van der Waals surface area contributed by atoms with E-state index in [1.54, 1.807) is 68.8 Å². The van der Waals surface area contributed by atoms with Gasteiger partial charge in [0.25, 0.3) is 0 Å². The molecule has 0 radical (unpaired) electrons. The van der Waals surface area contributed by atoms with Gasteiger partial charge in [-0.2, -0.15) is 4.31 Å². The van der Waals surface area contributed by atoms with Crippen molar-refractivity contribution in [3.63, 3.8) is 0 Å². The first-order valence-electron chi connectivity index (χ1n) is 9.47. The van der Waals surface area contributed by atoms with Crippen LogP contribution < -0.4 is 9.47 Å². The molecule has 5 nitrogen and oxygen atoms in total. The lowest BCUT2D eigenvalue weighted by molar-refractivity contribution is 0.395. The smallest absolute Gasteiger partial charge is 0.246 e. The van der Waals surface area contributed by atoms with E-state index >= 15 is 0 Å². The summed E-state index contributed by atoms with van der Waals surface area (Å²) in [5.41, 5.74) is 2.18. The van der Waals surface area contributed by atoms with Gasteiger partial charge in [0.15, 0.2) is 0 Å². The Bertz CT molecular complexity index is 1070. The van der Waals surface area contributed by atoms with Crippen molar-refractivity contribution in [2.45, 2.75) is 23.3 Å². The van der Waals surface area contributed by atoms with Crippen LogP contribution in [0.1, 0.15) is 16.7 Å². The highest BCUT2D eigenvalue weighted by atomic mass is 79.9. The first-order chi connectivity index (χ1) is 14.9. The maximum absolute atomic E-state index is 14.7. The molecule has 0 aliphatic rings. The summed E-state index contributed by atoms with van der Waals surface area (Å²) in [4.78, 5) is -0.348. The lowest BCUT2D eigenvalue weighted by atomic mass is 10.2. The summed E-state index contributed by atoms with van der Waals surface area (Å²) in [5, 5.41) is 0.436. The van der Waals surface area contributed by atoms with Gasteiger partial charge in [-0.05, 0) is 53.1 Å². The van der Waals surface area contributed by atoms with Crippen LogP contribution >= 0.6 is 15.9 Å². The van der Waals surface area contributed by atoms with E-state index in [9.17, 15) is 12.8 Å². The second-order valence-corrected chi connectivity index (χ2v) is 9.33. The van der Waals surface area contributed by atoms with Crippen LogP contribution in [-0.4, -0.2) is 26.9 Å². The van der Waals surface area contributed by atoms with Crippen molar-refractivity contribution < 1.29 is 22.3 Å². The summed E-state index contributed by atoms with van der Waals surface area (Å²) >= 11 is 3.26. The van der Waals surface area contributed by atoms with Crippen molar-refractivity contribution in [1.29, 1.82) is 0 Å². The van der Waals surface area contributed by atoms with Crippen molar-refractivity contribution in [2.75, 3.05) is 14.2 Å². The molecule has 3 aromatic carbocycles. The molecule has 0 amide bonds. The van der Waals surface area contributed by atoms with E-state index in [0.717, 1.165) is 11.1 Å². The fourth-order valence-corrected chi connectivity index (χ4v) is 4.88. The summed E-state index contributed by atoms with van der Waals surface area (Å²) in [5.74, 6) is 0.570. The highest BCUT2D eigenvalue weighted by molar-refractivity contribution is 9.08. The monoisotopic (exact) mass is 507 g/mol. The minimum atomic E-state index is -4.10. The summed E-state index contributed by atoms with van der Waals surface area (Å²) < 4.78 is 53.2. The van der Waals surface area contributed by atoms with Crippen molar-refractivity contribution >= 4 is 26.0 Å². The van der Waals surface area contributed by atoms with Gasteiger partial charge in [0.1, 0.15) is 22.2 Å². The van der Waals surface area contributed by atoms with Crippen molar-refractivity contribution in [3.05, 3.63) is 89.2 Å². The SMILES string of the molecule is COc1ccc(CN(Cc2ccc(OC)cc2)S(=O)(=O)c2ccc(CBr)cc2F)cc1. The lowest BCUT2D eigenvalue weighted by Gasteiger charge is -2.23. The van der Waals surface area contributed by atoms with E-state index in [-0.39, 0.29) is 18.0 Å². The zero-order valence-corrected chi connectivity index (χ0v) is 19.6. The molecular formula is C23H23BrFNO4S. The van der Waals surface area contributed by atoms with E-state index in [4.69, 9.17) is 9.47 Å². The Balaban J connectivity index is 1.98. The van der Waals surface area contributed by atoms with Gasteiger partial charge in [0.2, 0.25) is 10.0 Å². The van der Waals surface area contributed by atoms with Crippen LogP contribution in [0.15, 0.2) is 71.6 Å². The third kappa shape index (κ3) is 5.64. The standard InChI is InChI=1S/C23H23BrFNO4S/c1-29-20-8-3-17(4-9-20)15-26(16-18-5-10-21(30-2)11-6-18)31(27,28)23-12-7-19(14-24)13-22(23)25/h3-13H,14-16H2,1-2H3. The first-order valence-corrected chi connectivity index (χ1v) is 12.0. The molecule has 0 heterocycles. The van der Waals surface area contributed by atoms with E-state index in [2.05, 4.69) is 15.9 Å². The average Bonchev–Trinajstić information content (AvgIpc) is 2.79. The van der Waals surface area contributed by atoms with Crippen molar-refractivity contribution in [1.82, 2.24) is 4.31 Å². The Kier molecular flexibility index (Phi) is 7.69. The highest BCUT2D eigenvalue weighted by Crippen LogP contribution is 2.26. The molecule has 31 heavy (non-hydrogen) atoms. The fraction of sp³-hybridized carbons (Fsp3) is 0.217. The Morgan fingerprint density at radius 1 is 0.806 bits per heavy atom. The molecular weight excluding hydrogens is 485 g/mol. The number of hydrogen-bond donors (Lipinski definition) is 0. The van der Waals surface area contributed by atoms with E-state index in [1.807, 2.05) is 0 Å². The molecule has 3 aromatic rings. The molecule has 0 N–H and O–H groups in total. The maximum Gasteiger partial charge on any atom is 0.246 e. The average molecular weight is 508 g/mol. The highest BCUT2D eigenvalue weighted by Gasteiger charge is 2.28. The van der Waals surface area contributed by atoms with Crippen molar-refractivity contribution in [2.24, 2.45) is 0 Å². The Hall–Kier alpha value is -2.42. The van der Waals surface area contributed by atoms with Crippen molar-refractivity contribution in [3.8, 4) is 11.5 Å². The van der Waals surface area contributed by atoms with Gasteiger partial charge in [0.05, 0.1) is 14.2 Å². The molecule has 0 unspecified atom stereocenters. The second-order valence-electron chi connectivity index (χ2n) is 6.87. The van der Waals surface area contributed by atoms with E-state index in [0.29, 0.717) is 22.4 Å². The Labute approximate surface area is 190 Å². The summed E-state index contributed by atoms with van der Waals surface area (Å²) in [6, 6.07) is 18.4. The summed E-state index contributed by atoms with van der Waals surface area (Å²) in [6.45, 7) is 0.163. The molecule has 0 atom stereocenters. The molecule has 0 aliphatic carbocycles. The van der Waals surface area contributed by atoms with E-state index in [1.165, 1.54) is 16.4 Å². The number of methoxy groups -OCH3 is 2. The zero-order chi connectivity index (χ0) is 22.4. The number of halogens is 2. The lowest BCUT2D eigenvalue weighted by Crippen LogP contribution is -2.31. The quantitative estimate of drug-likeness (QED) is 0.376. The number of hydrogen-bond acceptors (Lipinski definition) is 4. The van der Waals surface area contributed by atoms with Crippen LogP contribution in [0.4, 0.5) is 4.39 Å². The second kappa shape index (κ2) is 10.3. The molecule has 0 saturated carbocycles. The predicted octanol–water partition coefficient (Wildman–Crippen LogP) is 5.13. The molecule has 0 fully saturated rings. The molecule has 0 bridgehead atoms. The molecule has 0 aliphatic heterocycles. The van der Waals surface area contributed by atoms with Crippen LogP contribution in [0.5, 0.6) is 11.5 Å². The zero-order valence-electron chi connectivity index (χ0n) is 17.2. The van der Waals surface area contributed by atoms with Gasteiger partial charge in [-0.3, -0.25) is 0 Å². The third-order valence-electron chi connectivity index (χ3n) is 4.80. The third-order valence-corrected chi connectivity index (χ3v) is 7.28. The number of rotatable bonds is 9. The number of alkyl halides is 1. The minimum Gasteiger partial charge on any atom is -0.497 e. The van der Waals surface area contributed by atoms with E-state index < -0.39 is 15.8 Å².